The summed E-state index contributed by atoms with van der Waals surface area (Å²) in [6.45, 7) is 4.17. The van der Waals surface area contributed by atoms with Gasteiger partial charge in [0.2, 0.25) is 0 Å². The van der Waals surface area contributed by atoms with E-state index in [1.54, 1.807) is 29.8 Å². The number of hydrogen-bond donors (Lipinski definition) is 2. The molecule has 2 amide bonds. The number of nitrogens with zero attached hydrogens (tertiary/aromatic N) is 3. The Hall–Kier alpha value is -2.97. The molecular weight excluding hydrogens is 389 g/mol. The number of unbranched alkanes of at least 4 members (excludes halogenated alkanes) is 2. The first-order valence-electron chi connectivity index (χ1n) is 10.4. The molecule has 1 aromatic heterocycles. The molecule has 30 heavy (non-hydrogen) atoms. The number of ether oxygens (including phenoxy) is 1. The predicted molar refractivity (Wildman–Crippen MR) is 110 cm³/mol. The Morgan fingerprint density at radius 1 is 1.23 bits per heavy atom. The summed E-state index contributed by atoms with van der Waals surface area (Å²) in [6.07, 6.45) is 3.88. The Morgan fingerprint density at radius 3 is 2.73 bits per heavy atom. The number of carbonyl (C=O) groups excluding carboxylic acids is 2. The summed E-state index contributed by atoms with van der Waals surface area (Å²) >= 11 is 0. The van der Waals surface area contributed by atoms with E-state index in [4.69, 9.17) is 4.74 Å². The largest absolute Gasteiger partial charge is 0.491 e. The van der Waals surface area contributed by atoms with Crippen molar-refractivity contribution < 1.29 is 18.7 Å². The van der Waals surface area contributed by atoms with E-state index in [0.29, 0.717) is 48.7 Å². The van der Waals surface area contributed by atoms with E-state index in [2.05, 4.69) is 20.9 Å². The van der Waals surface area contributed by atoms with E-state index in [9.17, 15) is 14.0 Å². The lowest BCUT2D eigenvalue weighted by Gasteiger charge is -2.14. The first-order valence-corrected chi connectivity index (χ1v) is 10.4. The van der Waals surface area contributed by atoms with Crippen molar-refractivity contribution in [1.82, 2.24) is 25.6 Å². The van der Waals surface area contributed by atoms with Crippen molar-refractivity contribution in [2.45, 2.75) is 52.0 Å². The molecule has 2 N–H and O–H groups in total. The lowest BCUT2D eigenvalue weighted by Crippen LogP contribution is -2.26. The van der Waals surface area contributed by atoms with Crippen LogP contribution in [0.5, 0.6) is 5.75 Å². The molecule has 162 valence electrons. The molecule has 0 spiro atoms. The van der Waals surface area contributed by atoms with Crippen LogP contribution >= 0.6 is 0 Å². The second-order valence-electron chi connectivity index (χ2n) is 7.32. The van der Waals surface area contributed by atoms with E-state index in [1.807, 2.05) is 6.92 Å². The molecule has 0 radical (unpaired) electrons. The second-order valence-corrected chi connectivity index (χ2v) is 7.32. The summed E-state index contributed by atoms with van der Waals surface area (Å²) in [5.41, 5.74) is 1.90. The molecule has 1 aliphatic rings. The summed E-state index contributed by atoms with van der Waals surface area (Å²) < 4.78 is 19.8. The minimum Gasteiger partial charge on any atom is -0.491 e. The Bertz CT molecular complexity index is 895. The lowest BCUT2D eigenvalue weighted by atomic mass is 10.1. The van der Waals surface area contributed by atoms with Crippen molar-refractivity contribution in [3.8, 4) is 11.4 Å². The van der Waals surface area contributed by atoms with Gasteiger partial charge in [-0.05, 0) is 64.2 Å². The van der Waals surface area contributed by atoms with Crippen LogP contribution in [-0.2, 0) is 0 Å². The van der Waals surface area contributed by atoms with Gasteiger partial charge in [-0.2, -0.15) is 0 Å². The number of nitrogens with one attached hydrogen (secondary N) is 2. The zero-order valence-corrected chi connectivity index (χ0v) is 17.4. The normalized spacial score (nSPS) is 13.2. The number of alkyl halides is 1. The number of halogens is 1. The minimum atomic E-state index is -0.345. The fourth-order valence-corrected chi connectivity index (χ4v) is 3.01. The average molecular weight is 417 g/mol. The lowest BCUT2D eigenvalue weighted by molar-refractivity contribution is 0.0940. The second kappa shape index (κ2) is 10.2. The van der Waals surface area contributed by atoms with Gasteiger partial charge in [-0.15, -0.1) is 5.10 Å². The Balaban J connectivity index is 1.85. The van der Waals surface area contributed by atoms with Gasteiger partial charge in [0, 0.05) is 18.2 Å². The number of hydrogen-bond acceptors (Lipinski definition) is 5. The standard InChI is InChI=1S/C21H28FN5O3/c1-3-23-20(28)15-7-10-17(18(13-15)30-12-6-4-5-11-22)27-14(2)19(25-26-27)21(29)24-16-8-9-16/h7,10,13,16H,3-6,8-9,11-12H2,1-2H3,(H,23,28)(H,24,29). The van der Waals surface area contributed by atoms with Crippen LogP contribution in [-0.4, -0.2) is 52.7 Å². The van der Waals surface area contributed by atoms with Crippen LogP contribution in [0.2, 0.25) is 0 Å². The van der Waals surface area contributed by atoms with Crippen LogP contribution in [0.1, 0.15) is 65.6 Å². The van der Waals surface area contributed by atoms with Crippen LogP contribution in [0.15, 0.2) is 18.2 Å². The van der Waals surface area contributed by atoms with E-state index < -0.39 is 0 Å². The molecule has 0 saturated heterocycles. The van der Waals surface area contributed by atoms with Crippen molar-refractivity contribution in [1.29, 1.82) is 0 Å². The molecule has 9 heteroatoms. The predicted octanol–water partition coefficient (Wildman–Crippen LogP) is 2.74. The Kier molecular flexibility index (Phi) is 7.37. The number of benzene rings is 1. The maximum Gasteiger partial charge on any atom is 0.273 e. The molecule has 1 saturated carbocycles. The van der Waals surface area contributed by atoms with E-state index in [-0.39, 0.29) is 30.2 Å². The first-order chi connectivity index (χ1) is 14.5. The molecule has 1 fully saturated rings. The van der Waals surface area contributed by atoms with Crippen molar-refractivity contribution in [3.63, 3.8) is 0 Å². The zero-order valence-electron chi connectivity index (χ0n) is 17.4. The van der Waals surface area contributed by atoms with Gasteiger partial charge in [-0.1, -0.05) is 5.21 Å². The van der Waals surface area contributed by atoms with Gasteiger partial charge in [0.05, 0.1) is 19.0 Å². The fourth-order valence-electron chi connectivity index (χ4n) is 3.01. The molecule has 1 aromatic carbocycles. The summed E-state index contributed by atoms with van der Waals surface area (Å²) in [7, 11) is 0. The highest BCUT2D eigenvalue weighted by Crippen LogP contribution is 2.27. The first kappa shape index (κ1) is 21.7. The van der Waals surface area contributed by atoms with Crippen molar-refractivity contribution in [2.24, 2.45) is 0 Å². The molecule has 0 atom stereocenters. The Morgan fingerprint density at radius 2 is 2.03 bits per heavy atom. The number of aromatic nitrogens is 3. The minimum absolute atomic E-state index is 0.203. The summed E-state index contributed by atoms with van der Waals surface area (Å²) in [6, 6.07) is 5.29. The highest BCUT2D eigenvalue weighted by atomic mass is 19.1. The SMILES string of the molecule is CCNC(=O)c1ccc(-n2nnc(C(=O)NC3CC3)c2C)c(OCCCCCF)c1. The number of rotatable bonds is 11. The van der Waals surface area contributed by atoms with E-state index in [1.165, 1.54) is 0 Å². The summed E-state index contributed by atoms with van der Waals surface area (Å²) in [5.74, 6) is 0.0150. The van der Waals surface area contributed by atoms with Gasteiger partial charge < -0.3 is 15.4 Å². The summed E-state index contributed by atoms with van der Waals surface area (Å²) in [5, 5.41) is 13.9. The summed E-state index contributed by atoms with van der Waals surface area (Å²) in [4.78, 5) is 24.6. The van der Waals surface area contributed by atoms with Crippen molar-refractivity contribution in [3.05, 3.63) is 35.2 Å². The maximum atomic E-state index is 12.4. The highest BCUT2D eigenvalue weighted by Gasteiger charge is 2.27. The van der Waals surface area contributed by atoms with Crippen molar-refractivity contribution >= 4 is 11.8 Å². The van der Waals surface area contributed by atoms with Crippen LogP contribution < -0.4 is 15.4 Å². The van der Waals surface area contributed by atoms with Crippen LogP contribution in [0.25, 0.3) is 5.69 Å². The average Bonchev–Trinajstić information content (AvgIpc) is 3.47. The van der Waals surface area contributed by atoms with Crippen LogP contribution in [0.4, 0.5) is 4.39 Å². The van der Waals surface area contributed by atoms with Crippen molar-refractivity contribution in [2.75, 3.05) is 19.8 Å². The smallest absolute Gasteiger partial charge is 0.273 e. The molecule has 0 bridgehead atoms. The topological polar surface area (TPSA) is 98.1 Å². The molecule has 1 aliphatic carbocycles. The van der Waals surface area contributed by atoms with E-state index >= 15 is 0 Å². The molecule has 0 aliphatic heterocycles. The molecule has 3 rings (SSSR count). The van der Waals surface area contributed by atoms with Gasteiger partial charge in [0.1, 0.15) is 11.4 Å². The zero-order chi connectivity index (χ0) is 21.5. The highest BCUT2D eigenvalue weighted by molar-refractivity contribution is 5.95. The molecule has 0 unspecified atom stereocenters. The third-order valence-electron chi connectivity index (χ3n) is 4.85. The monoisotopic (exact) mass is 417 g/mol. The van der Waals surface area contributed by atoms with Gasteiger partial charge in [-0.25, -0.2) is 4.68 Å². The van der Waals surface area contributed by atoms with Gasteiger partial charge >= 0.3 is 0 Å². The number of carbonyl (C=O) groups is 2. The van der Waals surface area contributed by atoms with Gasteiger partial charge in [0.15, 0.2) is 5.69 Å². The molecular formula is C21H28FN5O3. The number of amides is 2. The fraction of sp³-hybridized carbons (Fsp3) is 0.524. The quantitative estimate of drug-likeness (QED) is 0.548. The van der Waals surface area contributed by atoms with E-state index in [0.717, 1.165) is 19.3 Å². The Labute approximate surface area is 175 Å². The molecule has 8 nitrogen and oxygen atoms in total. The van der Waals surface area contributed by atoms with Crippen LogP contribution in [0.3, 0.4) is 0 Å². The maximum absolute atomic E-state index is 12.4. The molecule has 2 aromatic rings. The third-order valence-corrected chi connectivity index (χ3v) is 4.85. The third kappa shape index (κ3) is 5.34. The molecule has 1 heterocycles. The van der Waals surface area contributed by atoms with Crippen LogP contribution in [0, 0.1) is 6.92 Å². The van der Waals surface area contributed by atoms with Gasteiger partial charge in [0.25, 0.3) is 11.8 Å². The van der Waals surface area contributed by atoms with Gasteiger partial charge in [-0.3, -0.25) is 14.0 Å².